The summed E-state index contributed by atoms with van der Waals surface area (Å²) in [5.41, 5.74) is 7.58. The first kappa shape index (κ1) is 18.1. The maximum absolute atomic E-state index is 5.00. The van der Waals surface area contributed by atoms with Crippen molar-refractivity contribution < 1.29 is 0 Å². The van der Waals surface area contributed by atoms with E-state index in [0.29, 0.717) is 0 Å². The third kappa shape index (κ3) is 3.59. The van der Waals surface area contributed by atoms with E-state index < -0.39 is 0 Å². The van der Waals surface area contributed by atoms with E-state index in [1.54, 1.807) is 0 Å². The molecule has 2 heterocycles. The summed E-state index contributed by atoms with van der Waals surface area (Å²) in [6.07, 6.45) is 1.84. The Kier molecular flexibility index (Phi) is 4.79. The zero-order valence-corrected chi connectivity index (χ0v) is 16.6. The van der Waals surface area contributed by atoms with E-state index in [0.717, 1.165) is 22.6 Å². The van der Waals surface area contributed by atoms with Gasteiger partial charge in [-0.2, -0.15) is 0 Å². The molecule has 138 valence electrons. The average molecular weight is 364 g/mol. The van der Waals surface area contributed by atoms with E-state index in [1.807, 2.05) is 18.3 Å². The number of benzene rings is 2. The van der Waals surface area contributed by atoms with Crippen LogP contribution >= 0.6 is 0 Å². The number of nitrogens with zero attached hydrogens (tertiary/aromatic N) is 2. The van der Waals surface area contributed by atoms with Crippen LogP contribution in [0.4, 0.5) is 0 Å². The Morgan fingerprint density at radius 3 is 2.07 bits per heavy atom. The standard InChI is InChI=1S/C26H24N2/c1-19-9-6-10-20(17-19)21-11-7-12-22(18-21)23-13-8-15-25(28-23)26(2,3)24-14-4-5-16-27-24/h4-18H,1-3H3. The summed E-state index contributed by atoms with van der Waals surface area (Å²) in [5, 5.41) is 0. The molecule has 2 nitrogen and oxygen atoms in total. The summed E-state index contributed by atoms with van der Waals surface area (Å²) in [5.74, 6) is 0. The molecule has 2 aromatic carbocycles. The molecule has 28 heavy (non-hydrogen) atoms. The lowest BCUT2D eigenvalue weighted by atomic mass is 9.84. The second kappa shape index (κ2) is 7.40. The number of rotatable bonds is 4. The molecule has 0 saturated carbocycles. The van der Waals surface area contributed by atoms with Crippen LogP contribution in [0, 0.1) is 6.92 Å². The molecule has 0 radical (unpaired) electrons. The van der Waals surface area contributed by atoms with Gasteiger partial charge in [0.15, 0.2) is 0 Å². The predicted molar refractivity (Wildman–Crippen MR) is 116 cm³/mol. The van der Waals surface area contributed by atoms with Gasteiger partial charge in [0, 0.05) is 17.2 Å². The molecule has 2 heteroatoms. The second-order valence-corrected chi connectivity index (χ2v) is 7.70. The van der Waals surface area contributed by atoms with Crippen molar-refractivity contribution in [3.8, 4) is 22.4 Å². The van der Waals surface area contributed by atoms with Crippen LogP contribution in [0.15, 0.2) is 91.1 Å². The lowest BCUT2D eigenvalue weighted by molar-refractivity contribution is 0.596. The van der Waals surface area contributed by atoms with E-state index in [2.05, 4.69) is 98.6 Å². The molecule has 0 N–H and O–H groups in total. The first-order valence-corrected chi connectivity index (χ1v) is 9.60. The zero-order chi connectivity index (χ0) is 19.6. The number of aryl methyl sites for hydroxylation is 1. The van der Waals surface area contributed by atoms with Crippen LogP contribution in [0.5, 0.6) is 0 Å². The lowest BCUT2D eigenvalue weighted by Crippen LogP contribution is -2.22. The van der Waals surface area contributed by atoms with Gasteiger partial charge in [0.1, 0.15) is 0 Å². The zero-order valence-electron chi connectivity index (χ0n) is 16.6. The van der Waals surface area contributed by atoms with Gasteiger partial charge in [0.2, 0.25) is 0 Å². The Morgan fingerprint density at radius 2 is 1.32 bits per heavy atom. The van der Waals surface area contributed by atoms with Gasteiger partial charge in [-0.3, -0.25) is 9.97 Å². The molecule has 0 aliphatic rings. The van der Waals surface area contributed by atoms with Crippen LogP contribution in [0.1, 0.15) is 30.8 Å². The second-order valence-electron chi connectivity index (χ2n) is 7.70. The summed E-state index contributed by atoms with van der Waals surface area (Å²) in [6.45, 7) is 6.47. The summed E-state index contributed by atoms with van der Waals surface area (Å²) in [7, 11) is 0. The lowest BCUT2D eigenvalue weighted by Gasteiger charge is -2.24. The highest BCUT2D eigenvalue weighted by molar-refractivity contribution is 5.71. The molecule has 0 aliphatic carbocycles. The summed E-state index contributed by atoms with van der Waals surface area (Å²) in [6, 6.07) is 29.5. The van der Waals surface area contributed by atoms with Gasteiger partial charge in [-0.25, -0.2) is 0 Å². The summed E-state index contributed by atoms with van der Waals surface area (Å²) < 4.78 is 0. The fourth-order valence-corrected chi connectivity index (χ4v) is 3.49. The molecule has 0 unspecified atom stereocenters. The Hall–Kier alpha value is -3.26. The number of hydrogen-bond acceptors (Lipinski definition) is 2. The largest absolute Gasteiger partial charge is 0.260 e. The normalized spacial score (nSPS) is 11.4. The van der Waals surface area contributed by atoms with Crippen LogP contribution in [-0.4, -0.2) is 9.97 Å². The van der Waals surface area contributed by atoms with Crippen molar-refractivity contribution in [1.82, 2.24) is 9.97 Å². The quantitative estimate of drug-likeness (QED) is 0.416. The number of hydrogen-bond donors (Lipinski definition) is 0. The molecule has 0 amide bonds. The summed E-state index contributed by atoms with van der Waals surface area (Å²) >= 11 is 0. The van der Waals surface area contributed by atoms with Gasteiger partial charge >= 0.3 is 0 Å². The minimum Gasteiger partial charge on any atom is -0.260 e. The number of aromatic nitrogens is 2. The highest BCUT2D eigenvalue weighted by atomic mass is 14.8. The fraction of sp³-hybridized carbons (Fsp3) is 0.154. The van der Waals surface area contributed by atoms with E-state index in [9.17, 15) is 0 Å². The van der Waals surface area contributed by atoms with E-state index >= 15 is 0 Å². The topological polar surface area (TPSA) is 25.8 Å². The van der Waals surface area contributed by atoms with Crippen LogP contribution < -0.4 is 0 Å². The monoisotopic (exact) mass is 364 g/mol. The Balaban J connectivity index is 1.73. The van der Waals surface area contributed by atoms with Crippen LogP contribution in [0.2, 0.25) is 0 Å². The molecule has 2 aromatic heterocycles. The SMILES string of the molecule is Cc1cccc(-c2cccc(-c3cccc(C(C)(C)c4ccccn4)n3)c2)c1. The first-order chi connectivity index (χ1) is 13.5. The van der Waals surface area contributed by atoms with Crippen molar-refractivity contribution in [2.24, 2.45) is 0 Å². The predicted octanol–water partition coefficient (Wildman–Crippen LogP) is 6.44. The molecule has 0 bridgehead atoms. The van der Waals surface area contributed by atoms with E-state index in [-0.39, 0.29) is 5.41 Å². The van der Waals surface area contributed by atoms with Gasteiger partial charge < -0.3 is 0 Å². The summed E-state index contributed by atoms with van der Waals surface area (Å²) in [4.78, 5) is 9.55. The molecule has 0 atom stereocenters. The Labute approximate surface area is 167 Å². The van der Waals surface area contributed by atoms with Gasteiger partial charge in [-0.1, -0.05) is 60.2 Å². The Bertz CT molecular complexity index is 1100. The molecule has 0 fully saturated rings. The van der Waals surface area contributed by atoms with Crippen molar-refractivity contribution in [3.05, 3.63) is 108 Å². The van der Waals surface area contributed by atoms with E-state index in [4.69, 9.17) is 4.98 Å². The smallest absolute Gasteiger partial charge is 0.0705 e. The maximum atomic E-state index is 5.00. The van der Waals surface area contributed by atoms with Gasteiger partial charge in [-0.05, 0) is 62.2 Å². The molecule has 0 aliphatic heterocycles. The minimum absolute atomic E-state index is 0.259. The highest BCUT2D eigenvalue weighted by Crippen LogP contribution is 2.31. The molecule has 4 aromatic rings. The van der Waals surface area contributed by atoms with Crippen molar-refractivity contribution >= 4 is 0 Å². The van der Waals surface area contributed by atoms with Gasteiger partial charge in [0.05, 0.1) is 17.1 Å². The highest BCUT2D eigenvalue weighted by Gasteiger charge is 2.26. The van der Waals surface area contributed by atoms with Crippen molar-refractivity contribution in [3.63, 3.8) is 0 Å². The van der Waals surface area contributed by atoms with Gasteiger partial charge in [-0.15, -0.1) is 0 Å². The van der Waals surface area contributed by atoms with Crippen LogP contribution in [0.3, 0.4) is 0 Å². The van der Waals surface area contributed by atoms with Crippen molar-refractivity contribution in [2.75, 3.05) is 0 Å². The molecule has 0 spiro atoms. The maximum Gasteiger partial charge on any atom is 0.0705 e. The molecule has 4 rings (SSSR count). The Morgan fingerprint density at radius 1 is 0.643 bits per heavy atom. The minimum atomic E-state index is -0.259. The molecular formula is C26H24N2. The van der Waals surface area contributed by atoms with Crippen molar-refractivity contribution in [2.45, 2.75) is 26.2 Å². The van der Waals surface area contributed by atoms with Gasteiger partial charge in [0.25, 0.3) is 0 Å². The molecular weight excluding hydrogens is 340 g/mol. The van der Waals surface area contributed by atoms with Crippen molar-refractivity contribution in [1.29, 1.82) is 0 Å². The molecule has 0 saturated heterocycles. The van der Waals surface area contributed by atoms with Crippen LogP contribution in [-0.2, 0) is 5.41 Å². The van der Waals surface area contributed by atoms with E-state index in [1.165, 1.54) is 16.7 Å². The third-order valence-electron chi connectivity index (χ3n) is 5.20. The fourth-order valence-electron chi connectivity index (χ4n) is 3.49. The average Bonchev–Trinajstić information content (AvgIpc) is 2.74. The number of pyridine rings is 2. The van der Waals surface area contributed by atoms with Crippen LogP contribution in [0.25, 0.3) is 22.4 Å². The first-order valence-electron chi connectivity index (χ1n) is 9.60. The third-order valence-corrected chi connectivity index (χ3v) is 5.20.